The molecule has 0 bridgehead atoms. The molecular formula is C22H17N3O3. The number of aromatic amines is 1. The zero-order valence-corrected chi connectivity index (χ0v) is 14.9. The number of rotatable bonds is 5. The maximum Gasteiger partial charge on any atom is 0.272 e. The number of para-hydroxylation sites is 2. The van der Waals surface area contributed by atoms with Crippen LogP contribution in [0.4, 0.5) is 0 Å². The second kappa shape index (κ2) is 7.75. The predicted octanol–water partition coefficient (Wildman–Crippen LogP) is 3.65. The average Bonchev–Trinajstić information content (AvgIpc) is 2.74. The Balaban J connectivity index is 1.56. The van der Waals surface area contributed by atoms with Crippen molar-refractivity contribution in [2.75, 3.05) is 0 Å². The van der Waals surface area contributed by atoms with Crippen LogP contribution in [0.1, 0.15) is 16.1 Å². The third-order valence-corrected chi connectivity index (χ3v) is 4.29. The fourth-order valence-corrected chi connectivity index (χ4v) is 2.92. The van der Waals surface area contributed by atoms with E-state index in [9.17, 15) is 9.59 Å². The summed E-state index contributed by atoms with van der Waals surface area (Å²) in [6, 6.07) is 23.5. The summed E-state index contributed by atoms with van der Waals surface area (Å²) in [5.74, 6) is 0.824. The van der Waals surface area contributed by atoms with Gasteiger partial charge in [-0.1, -0.05) is 48.5 Å². The first-order valence-electron chi connectivity index (χ1n) is 8.79. The molecule has 0 atom stereocenters. The van der Waals surface area contributed by atoms with Crippen molar-refractivity contribution in [3.8, 4) is 11.5 Å². The molecule has 3 aromatic carbocycles. The molecule has 1 heterocycles. The maximum atomic E-state index is 12.7. The van der Waals surface area contributed by atoms with Gasteiger partial charge < -0.3 is 10.1 Å². The van der Waals surface area contributed by atoms with Gasteiger partial charge in [-0.3, -0.25) is 9.59 Å². The number of H-pyrrole nitrogens is 1. The lowest BCUT2D eigenvalue weighted by Gasteiger charge is -2.12. The number of benzene rings is 3. The van der Waals surface area contributed by atoms with Gasteiger partial charge in [-0.25, -0.2) is 5.10 Å². The number of nitrogens with zero attached hydrogens (tertiary/aromatic N) is 1. The topological polar surface area (TPSA) is 84.1 Å². The number of ether oxygens (including phenoxy) is 1. The first-order chi connectivity index (χ1) is 13.7. The highest BCUT2D eigenvalue weighted by Crippen LogP contribution is 2.25. The Bertz CT molecular complexity index is 1190. The van der Waals surface area contributed by atoms with Gasteiger partial charge in [0.2, 0.25) is 0 Å². The van der Waals surface area contributed by atoms with E-state index >= 15 is 0 Å². The minimum absolute atomic E-state index is 0.176. The van der Waals surface area contributed by atoms with Crippen LogP contribution >= 0.6 is 0 Å². The maximum absolute atomic E-state index is 12.7. The van der Waals surface area contributed by atoms with Gasteiger partial charge in [0, 0.05) is 5.39 Å². The summed E-state index contributed by atoms with van der Waals surface area (Å²) in [6.45, 7) is 0.176. The van der Waals surface area contributed by atoms with E-state index in [4.69, 9.17) is 4.74 Å². The predicted molar refractivity (Wildman–Crippen MR) is 106 cm³/mol. The van der Waals surface area contributed by atoms with Crippen molar-refractivity contribution < 1.29 is 9.53 Å². The van der Waals surface area contributed by atoms with Crippen molar-refractivity contribution in [2.45, 2.75) is 6.54 Å². The third kappa shape index (κ3) is 3.61. The summed E-state index contributed by atoms with van der Waals surface area (Å²) in [4.78, 5) is 24.6. The number of carbonyl (C=O) groups is 1. The number of carbonyl (C=O) groups excluding carboxylic acids is 1. The van der Waals surface area contributed by atoms with Crippen LogP contribution in [0.15, 0.2) is 83.7 Å². The number of hydrogen-bond donors (Lipinski definition) is 2. The SMILES string of the molecule is O=C(NCc1n[nH]c(=O)c2ccccc12)c1ccccc1Oc1ccccc1. The van der Waals surface area contributed by atoms with Gasteiger partial charge in [-0.05, 0) is 30.3 Å². The summed E-state index contributed by atoms with van der Waals surface area (Å²) >= 11 is 0. The van der Waals surface area contributed by atoms with E-state index in [1.807, 2.05) is 48.5 Å². The van der Waals surface area contributed by atoms with Gasteiger partial charge in [0.15, 0.2) is 0 Å². The van der Waals surface area contributed by atoms with Crippen molar-refractivity contribution in [2.24, 2.45) is 0 Å². The van der Waals surface area contributed by atoms with E-state index in [-0.39, 0.29) is 18.0 Å². The summed E-state index contributed by atoms with van der Waals surface area (Å²) in [7, 11) is 0. The lowest BCUT2D eigenvalue weighted by molar-refractivity contribution is 0.0948. The van der Waals surface area contributed by atoms with Crippen LogP contribution < -0.4 is 15.6 Å². The molecule has 1 aromatic heterocycles. The first-order valence-corrected chi connectivity index (χ1v) is 8.79. The second-order valence-electron chi connectivity index (χ2n) is 6.14. The van der Waals surface area contributed by atoms with Crippen LogP contribution in [-0.2, 0) is 6.54 Å². The molecule has 0 radical (unpaired) electrons. The molecule has 0 aliphatic carbocycles. The number of fused-ring (bicyclic) bond motifs is 1. The Kier molecular flexibility index (Phi) is 4.84. The molecular weight excluding hydrogens is 354 g/mol. The highest BCUT2D eigenvalue weighted by Gasteiger charge is 2.14. The van der Waals surface area contributed by atoms with Crippen molar-refractivity contribution in [3.63, 3.8) is 0 Å². The van der Waals surface area contributed by atoms with Crippen molar-refractivity contribution in [3.05, 3.63) is 100 Å². The van der Waals surface area contributed by atoms with Crippen LogP contribution in [0.2, 0.25) is 0 Å². The Hall–Kier alpha value is -3.93. The van der Waals surface area contributed by atoms with Crippen LogP contribution in [-0.4, -0.2) is 16.1 Å². The highest BCUT2D eigenvalue weighted by molar-refractivity contribution is 5.97. The summed E-state index contributed by atoms with van der Waals surface area (Å²) < 4.78 is 5.84. The number of nitrogens with one attached hydrogen (secondary N) is 2. The van der Waals surface area contributed by atoms with Crippen molar-refractivity contribution >= 4 is 16.7 Å². The molecule has 4 rings (SSSR count). The van der Waals surface area contributed by atoms with Gasteiger partial charge >= 0.3 is 0 Å². The van der Waals surface area contributed by atoms with E-state index in [1.165, 1.54) is 0 Å². The van der Waals surface area contributed by atoms with Crippen molar-refractivity contribution in [1.82, 2.24) is 15.5 Å². The molecule has 1 amide bonds. The van der Waals surface area contributed by atoms with E-state index in [2.05, 4.69) is 15.5 Å². The normalized spacial score (nSPS) is 10.6. The first kappa shape index (κ1) is 17.5. The fourth-order valence-electron chi connectivity index (χ4n) is 2.92. The van der Waals surface area contributed by atoms with Gasteiger partial charge in [0.1, 0.15) is 11.5 Å². The molecule has 6 nitrogen and oxygen atoms in total. The summed E-state index contributed by atoms with van der Waals surface area (Å²) in [5, 5.41) is 10.6. The summed E-state index contributed by atoms with van der Waals surface area (Å²) in [5.41, 5.74) is 0.748. The number of aromatic nitrogens is 2. The molecule has 28 heavy (non-hydrogen) atoms. The van der Waals surface area contributed by atoms with Crippen LogP contribution in [0.25, 0.3) is 10.8 Å². The van der Waals surface area contributed by atoms with Gasteiger partial charge in [-0.2, -0.15) is 5.10 Å². The van der Waals surface area contributed by atoms with Gasteiger partial charge in [-0.15, -0.1) is 0 Å². The Morgan fingerprint density at radius 2 is 1.57 bits per heavy atom. The lowest BCUT2D eigenvalue weighted by Crippen LogP contribution is -2.25. The molecule has 0 saturated heterocycles. The molecule has 0 aliphatic heterocycles. The highest BCUT2D eigenvalue weighted by atomic mass is 16.5. The van der Waals surface area contributed by atoms with Gasteiger partial charge in [0.05, 0.1) is 23.2 Å². The molecule has 0 saturated carbocycles. The van der Waals surface area contributed by atoms with Crippen LogP contribution in [0, 0.1) is 0 Å². The molecule has 0 spiro atoms. The zero-order valence-electron chi connectivity index (χ0n) is 14.9. The van der Waals surface area contributed by atoms with Crippen molar-refractivity contribution in [1.29, 1.82) is 0 Å². The molecule has 4 aromatic rings. The minimum Gasteiger partial charge on any atom is -0.457 e. The Morgan fingerprint density at radius 1 is 0.893 bits per heavy atom. The van der Waals surface area contributed by atoms with Gasteiger partial charge in [0.25, 0.3) is 11.5 Å². The molecule has 2 N–H and O–H groups in total. The Morgan fingerprint density at radius 3 is 2.39 bits per heavy atom. The second-order valence-corrected chi connectivity index (χ2v) is 6.14. The minimum atomic E-state index is -0.288. The average molecular weight is 371 g/mol. The monoisotopic (exact) mass is 371 g/mol. The summed E-state index contributed by atoms with van der Waals surface area (Å²) in [6.07, 6.45) is 0. The molecule has 6 heteroatoms. The van der Waals surface area contributed by atoms with Crippen LogP contribution in [0.3, 0.4) is 0 Å². The van der Waals surface area contributed by atoms with E-state index in [0.717, 1.165) is 0 Å². The molecule has 0 fully saturated rings. The van der Waals surface area contributed by atoms with E-state index in [0.29, 0.717) is 33.5 Å². The molecule has 0 aliphatic rings. The smallest absolute Gasteiger partial charge is 0.272 e. The quantitative estimate of drug-likeness (QED) is 0.561. The van der Waals surface area contributed by atoms with E-state index in [1.54, 1.807) is 30.3 Å². The molecule has 138 valence electrons. The third-order valence-electron chi connectivity index (χ3n) is 4.29. The lowest BCUT2D eigenvalue weighted by atomic mass is 10.1. The fraction of sp³-hybridized carbons (Fsp3) is 0.0455. The standard InChI is InChI=1S/C22H17N3O3/c26-21(18-12-6-7-13-20(18)28-15-8-2-1-3-9-15)23-14-19-16-10-4-5-11-17(16)22(27)25-24-19/h1-13H,14H2,(H,23,26)(H,25,27). The number of hydrogen-bond acceptors (Lipinski definition) is 4. The van der Waals surface area contributed by atoms with Crippen LogP contribution in [0.5, 0.6) is 11.5 Å². The van der Waals surface area contributed by atoms with E-state index < -0.39 is 0 Å². The number of amides is 1. The zero-order chi connectivity index (χ0) is 19.3. The Labute approximate surface area is 160 Å². The molecule has 0 unspecified atom stereocenters. The largest absolute Gasteiger partial charge is 0.457 e.